The highest BCUT2D eigenvalue weighted by atomic mass is 79.9. The Balaban J connectivity index is 1.56. The fourth-order valence-corrected chi connectivity index (χ4v) is 6.83. The smallest absolute Gasteiger partial charge is 0.253 e. The Kier molecular flexibility index (Phi) is 6.11. The summed E-state index contributed by atoms with van der Waals surface area (Å²) in [5.74, 6) is -0.780. The number of halogens is 2. The van der Waals surface area contributed by atoms with Crippen molar-refractivity contribution < 1.29 is 17.6 Å². The number of amides is 1. The third-order valence-corrected chi connectivity index (χ3v) is 8.94. The predicted molar refractivity (Wildman–Crippen MR) is 102 cm³/mol. The van der Waals surface area contributed by atoms with Crippen LogP contribution in [0, 0.1) is 11.7 Å². The molecule has 0 saturated carbocycles. The quantitative estimate of drug-likeness (QED) is 0.743. The molecule has 2 aromatic rings. The number of thiophene rings is 1. The molecule has 1 fully saturated rings. The van der Waals surface area contributed by atoms with Crippen LogP contribution in [0.15, 0.2) is 44.4 Å². The molecule has 140 valence electrons. The van der Waals surface area contributed by atoms with Crippen molar-refractivity contribution in [1.82, 2.24) is 9.62 Å². The number of sulfonamides is 1. The van der Waals surface area contributed by atoms with Crippen molar-refractivity contribution in [3.8, 4) is 0 Å². The van der Waals surface area contributed by atoms with E-state index in [1.807, 2.05) is 0 Å². The van der Waals surface area contributed by atoms with Crippen LogP contribution in [-0.4, -0.2) is 31.7 Å². The molecule has 1 N–H and O–H groups in total. The van der Waals surface area contributed by atoms with E-state index in [-0.39, 0.29) is 24.2 Å². The van der Waals surface area contributed by atoms with Gasteiger partial charge in [0.25, 0.3) is 10.0 Å². The first-order valence-electron chi connectivity index (χ1n) is 8.14. The molecular formula is C17H18BrFN2O3S2. The SMILES string of the molecule is O=C(NCc1ccccc1F)C1CCN(S(=O)(=O)c2sccc2Br)CC1. The van der Waals surface area contributed by atoms with Crippen LogP contribution < -0.4 is 5.32 Å². The summed E-state index contributed by atoms with van der Waals surface area (Å²) in [5.41, 5.74) is 0.434. The minimum atomic E-state index is -3.54. The highest BCUT2D eigenvalue weighted by Gasteiger charge is 2.33. The molecule has 0 radical (unpaired) electrons. The monoisotopic (exact) mass is 460 g/mol. The zero-order chi connectivity index (χ0) is 18.7. The molecule has 0 unspecified atom stereocenters. The molecule has 2 heterocycles. The number of carbonyl (C=O) groups excluding carboxylic acids is 1. The van der Waals surface area contributed by atoms with Gasteiger partial charge >= 0.3 is 0 Å². The third kappa shape index (κ3) is 4.16. The van der Waals surface area contributed by atoms with Crippen LogP contribution in [-0.2, 0) is 21.4 Å². The summed E-state index contributed by atoms with van der Waals surface area (Å²) in [6, 6.07) is 8.01. The van der Waals surface area contributed by atoms with E-state index in [0.29, 0.717) is 40.2 Å². The van der Waals surface area contributed by atoms with E-state index in [2.05, 4.69) is 21.2 Å². The average molecular weight is 461 g/mol. The first-order chi connectivity index (χ1) is 12.4. The highest BCUT2D eigenvalue weighted by molar-refractivity contribution is 9.10. The van der Waals surface area contributed by atoms with E-state index < -0.39 is 10.0 Å². The van der Waals surface area contributed by atoms with E-state index in [0.717, 1.165) is 0 Å². The number of nitrogens with zero attached hydrogens (tertiary/aromatic N) is 1. The van der Waals surface area contributed by atoms with Gasteiger partial charge in [0.05, 0.1) is 0 Å². The van der Waals surface area contributed by atoms with Crippen LogP contribution in [0.2, 0.25) is 0 Å². The Hall–Kier alpha value is -1.29. The number of piperidine rings is 1. The number of carbonyl (C=O) groups is 1. The fraction of sp³-hybridized carbons (Fsp3) is 0.353. The van der Waals surface area contributed by atoms with E-state index >= 15 is 0 Å². The Morgan fingerprint density at radius 2 is 1.96 bits per heavy atom. The minimum Gasteiger partial charge on any atom is -0.352 e. The second kappa shape index (κ2) is 8.16. The van der Waals surface area contributed by atoms with Crippen molar-refractivity contribution in [3.05, 3.63) is 51.6 Å². The van der Waals surface area contributed by atoms with Crippen molar-refractivity contribution in [1.29, 1.82) is 0 Å². The molecule has 0 atom stereocenters. The Bertz CT molecular complexity index is 893. The van der Waals surface area contributed by atoms with Gasteiger partial charge in [0.2, 0.25) is 5.91 Å². The predicted octanol–water partition coefficient (Wildman–Crippen LogP) is 3.37. The van der Waals surface area contributed by atoms with Gasteiger partial charge in [0, 0.05) is 35.6 Å². The van der Waals surface area contributed by atoms with Crippen LogP contribution in [0.5, 0.6) is 0 Å². The number of rotatable bonds is 5. The Morgan fingerprint density at radius 1 is 1.27 bits per heavy atom. The van der Waals surface area contributed by atoms with Crippen molar-refractivity contribution in [2.24, 2.45) is 5.92 Å². The largest absolute Gasteiger partial charge is 0.352 e. The molecule has 0 aliphatic carbocycles. The van der Waals surface area contributed by atoms with Gasteiger partial charge in [0.15, 0.2) is 0 Å². The van der Waals surface area contributed by atoms with Crippen molar-refractivity contribution >= 4 is 43.2 Å². The number of nitrogens with one attached hydrogen (secondary N) is 1. The molecule has 9 heteroatoms. The van der Waals surface area contributed by atoms with Crippen molar-refractivity contribution in [3.63, 3.8) is 0 Å². The van der Waals surface area contributed by atoms with E-state index in [4.69, 9.17) is 0 Å². The summed E-state index contributed by atoms with van der Waals surface area (Å²) in [6.45, 7) is 0.723. The van der Waals surface area contributed by atoms with Gasteiger partial charge in [-0.2, -0.15) is 4.31 Å². The average Bonchev–Trinajstić information content (AvgIpc) is 3.08. The minimum absolute atomic E-state index is 0.131. The highest BCUT2D eigenvalue weighted by Crippen LogP contribution is 2.32. The summed E-state index contributed by atoms with van der Waals surface area (Å²) in [5, 5.41) is 4.47. The maximum Gasteiger partial charge on any atom is 0.253 e. The number of hydrogen-bond donors (Lipinski definition) is 1. The second-order valence-electron chi connectivity index (χ2n) is 6.04. The molecule has 1 saturated heterocycles. The van der Waals surface area contributed by atoms with Gasteiger partial charge in [-0.05, 0) is 46.3 Å². The van der Waals surface area contributed by atoms with E-state index in [9.17, 15) is 17.6 Å². The van der Waals surface area contributed by atoms with Gasteiger partial charge in [-0.25, -0.2) is 12.8 Å². The van der Waals surface area contributed by atoms with Crippen molar-refractivity contribution in [2.45, 2.75) is 23.6 Å². The Morgan fingerprint density at radius 3 is 2.58 bits per heavy atom. The van der Waals surface area contributed by atoms with Gasteiger partial charge in [0.1, 0.15) is 10.0 Å². The molecule has 1 aliphatic heterocycles. The number of benzene rings is 1. The molecule has 3 rings (SSSR count). The molecule has 1 amide bonds. The lowest BCUT2D eigenvalue weighted by Gasteiger charge is -2.30. The molecule has 1 aliphatic rings. The van der Waals surface area contributed by atoms with Crippen LogP contribution in [0.3, 0.4) is 0 Å². The fourth-order valence-electron chi connectivity index (χ4n) is 2.91. The molecule has 5 nitrogen and oxygen atoms in total. The lowest BCUT2D eigenvalue weighted by Crippen LogP contribution is -2.42. The zero-order valence-electron chi connectivity index (χ0n) is 13.8. The second-order valence-corrected chi connectivity index (χ2v) is 9.95. The molecule has 0 spiro atoms. The number of hydrogen-bond acceptors (Lipinski definition) is 4. The Labute approximate surface area is 164 Å². The van der Waals surface area contributed by atoms with E-state index in [1.165, 1.54) is 21.7 Å². The van der Waals surface area contributed by atoms with Crippen LogP contribution >= 0.6 is 27.3 Å². The first-order valence-corrected chi connectivity index (χ1v) is 11.2. The standard InChI is InChI=1S/C17H18BrFN2O3S2/c18-14-7-10-25-17(14)26(23,24)21-8-5-12(6-9-21)16(22)20-11-13-3-1-2-4-15(13)19/h1-4,7,10,12H,5-6,8-9,11H2,(H,20,22). The van der Waals surface area contributed by atoms with Gasteiger partial charge in [-0.3, -0.25) is 4.79 Å². The van der Waals surface area contributed by atoms with Crippen LogP contribution in [0.1, 0.15) is 18.4 Å². The molecule has 0 bridgehead atoms. The van der Waals surface area contributed by atoms with Crippen LogP contribution in [0.4, 0.5) is 4.39 Å². The summed E-state index contributed by atoms with van der Waals surface area (Å²) in [4.78, 5) is 12.3. The molecule has 26 heavy (non-hydrogen) atoms. The molecule has 1 aromatic heterocycles. The van der Waals surface area contributed by atoms with Gasteiger partial charge in [-0.15, -0.1) is 11.3 Å². The lowest BCUT2D eigenvalue weighted by atomic mass is 9.97. The van der Waals surface area contributed by atoms with Crippen molar-refractivity contribution in [2.75, 3.05) is 13.1 Å². The molecular weight excluding hydrogens is 443 g/mol. The topological polar surface area (TPSA) is 66.5 Å². The normalized spacial score (nSPS) is 16.5. The summed E-state index contributed by atoms with van der Waals surface area (Å²) in [6.07, 6.45) is 0.899. The maximum atomic E-state index is 13.6. The van der Waals surface area contributed by atoms with Gasteiger partial charge in [-0.1, -0.05) is 18.2 Å². The zero-order valence-corrected chi connectivity index (χ0v) is 17.0. The summed E-state index contributed by atoms with van der Waals surface area (Å²) < 4.78 is 41.2. The van der Waals surface area contributed by atoms with Crippen LogP contribution in [0.25, 0.3) is 0 Å². The summed E-state index contributed by atoms with van der Waals surface area (Å²) in [7, 11) is -3.54. The van der Waals surface area contributed by atoms with E-state index in [1.54, 1.807) is 29.6 Å². The van der Waals surface area contributed by atoms with Gasteiger partial charge < -0.3 is 5.32 Å². The first kappa shape index (κ1) is 19.5. The summed E-state index contributed by atoms with van der Waals surface area (Å²) >= 11 is 4.44. The molecule has 1 aromatic carbocycles. The third-order valence-electron chi connectivity index (χ3n) is 4.39. The lowest BCUT2D eigenvalue weighted by molar-refractivity contribution is -0.126. The maximum absolute atomic E-state index is 13.6.